The van der Waals surface area contributed by atoms with Crippen molar-refractivity contribution in [2.24, 2.45) is 4.99 Å². The molecule has 2 aromatic carbocycles. The molecule has 0 saturated carbocycles. The summed E-state index contributed by atoms with van der Waals surface area (Å²) in [6.45, 7) is 2.03. The van der Waals surface area contributed by atoms with Crippen molar-refractivity contribution in [3.8, 4) is 11.6 Å². The summed E-state index contributed by atoms with van der Waals surface area (Å²) in [6.07, 6.45) is 3.76. The van der Waals surface area contributed by atoms with Crippen LogP contribution in [0, 0.1) is 10.9 Å². The zero-order valence-corrected chi connectivity index (χ0v) is 14.6. The fraction of sp³-hybridized carbons (Fsp3) is 0.0526. The first-order valence-corrected chi connectivity index (χ1v) is 8.73. The molecule has 0 fully saturated rings. The van der Waals surface area contributed by atoms with Gasteiger partial charge in [-0.15, -0.1) is 11.3 Å². The van der Waals surface area contributed by atoms with Crippen LogP contribution in [0.4, 0.5) is 5.69 Å². The molecule has 5 heteroatoms. The first-order chi connectivity index (χ1) is 11.6. The number of fused-ring (bicyclic) bond motifs is 1. The fourth-order valence-corrected chi connectivity index (χ4v) is 3.99. The second-order valence-electron chi connectivity index (χ2n) is 5.60. The van der Waals surface area contributed by atoms with Gasteiger partial charge < -0.3 is 5.11 Å². The van der Waals surface area contributed by atoms with Crippen LogP contribution in [-0.4, -0.2) is 15.9 Å². The van der Waals surface area contributed by atoms with Gasteiger partial charge in [-0.1, -0.05) is 35.9 Å². The summed E-state index contributed by atoms with van der Waals surface area (Å²) in [4.78, 5) is 5.14. The number of aliphatic imine (C=N–C) groups is 1. The van der Waals surface area contributed by atoms with Gasteiger partial charge in [0.05, 0.1) is 16.3 Å². The summed E-state index contributed by atoms with van der Waals surface area (Å²) in [5.74, 6) is 0.166. The van der Waals surface area contributed by atoms with Crippen molar-refractivity contribution in [3.05, 3.63) is 68.5 Å². The molecule has 1 aromatic heterocycles. The van der Waals surface area contributed by atoms with E-state index in [1.54, 1.807) is 4.57 Å². The Morgan fingerprint density at radius 1 is 1.12 bits per heavy atom. The van der Waals surface area contributed by atoms with Crippen LogP contribution in [-0.2, 0) is 0 Å². The van der Waals surface area contributed by atoms with Gasteiger partial charge in [0.15, 0.2) is 3.95 Å². The normalized spacial score (nSPS) is 14.3. The third kappa shape index (κ3) is 2.52. The lowest BCUT2D eigenvalue weighted by Gasteiger charge is -2.05. The van der Waals surface area contributed by atoms with E-state index in [0.717, 1.165) is 27.4 Å². The molecule has 0 spiro atoms. The molecule has 1 aliphatic heterocycles. The van der Waals surface area contributed by atoms with Gasteiger partial charge in [-0.05, 0) is 43.4 Å². The third-order valence-electron chi connectivity index (χ3n) is 3.95. The zero-order chi connectivity index (χ0) is 16.7. The summed E-state index contributed by atoms with van der Waals surface area (Å²) >= 11 is 6.84. The van der Waals surface area contributed by atoms with E-state index in [-0.39, 0.29) is 5.88 Å². The van der Waals surface area contributed by atoms with Gasteiger partial charge in [-0.3, -0.25) is 9.56 Å². The zero-order valence-electron chi connectivity index (χ0n) is 12.9. The molecule has 0 bridgehead atoms. The van der Waals surface area contributed by atoms with Crippen molar-refractivity contribution in [1.82, 2.24) is 4.57 Å². The van der Waals surface area contributed by atoms with Gasteiger partial charge >= 0.3 is 0 Å². The van der Waals surface area contributed by atoms with E-state index < -0.39 is 0 Å². The Kier molecular flexibility index (Phi) is 3.67. The second kappa shape index (κ2) is 5.85. The van der Waals surface area contributed by atoms with E-state index >= 15 is 0 Å². The first kappa shape index (κ1) is 15.1. The molecule has 0 atom stereocenters. The van der Waals surface area contributed by atoms with Crippen molar-refractivity contribution in [2.75, 3.05) is 0 Å². The topological polar surface area (TPSA) is 37.5 Å². The number of benzene rings is 2. The van der Waals surface area contributed by atoms with E-state index in [2.05, 4.69) is 4.99 Å². The molecule has 0 amide bonds. The Bertz CT molecular complexity index is 1040. The van der Waals surface area contributed by atoms with Crippen LogP contribution >= 0.6 is 23.6 Å². The quantitative estimate of drug-likeness (QED) is 0.616. The highest BCUT2D eigenvalue weighted by atomic mass is 32.1. The van der Waals surface area contributed by atoms with Gasteiger partial charge in [-0.2, -0.15) is 0 Å². The van der Waals surface area contributed by atoms with Crippen LogP contribution in [0.3, 0.4) is 0 Å². The minimum Gasteiger partial charge on any atom is -0.493 e. The van der Waals surface area contributed by atoms with Gasteiger partial charge in [0, 0.05) is 17.4 Å². The Morgan fingerprint density at radius 2 is 1.88 bits per heavy atom. The average molecular weight is 350 g/mol. The molecule has 3 nitrogen and oxygen atoms in total. The second-order valence-corrected chi connectivity index (χ2v) is 7.28. The minimum absolute atomic E-state index is 0.166. The molecule has 1 aliphatic rings. The SMILES string of the molecule is Cc1ccc(-n2c(O)c(/C=C3/C=Nc4ccccc43)sc2=S)cc1. The molecular formula is C19H14N2OS2. The van der Waals surface area contributed by atoms with E-state index in [9.17, 15) is 5.11 Å². The van der Waals surface area contributed by atoms with E-state index in [4.69, 9.17) is 12.2 Å². The number of aryl methyl sites for hydroxylation is 1. The number of aromatic nitrogens is 1. The largest absolute Gasteiger partial charge is 0.493 e. The smallest absolute Gasteiger partial charge is 0.215 e. The van der Waals surface area contributed by atoms with Crippen molar-refractivity contribution in [2.45, 2.75) is 6.92 Å². The maximum atomic E-state index is 10.7. The molecule has 0 aliphatic carbocycles. The molecule has 4 rings (SSSR count). The van der Waals surface area contributed by atoms with Crippen LogP contribution in [0.1, 0.15) is 16.0 Å². The predicted octanol–water partition coefficient (Wildman–Crippen LogP) is 5.54. The summed E-state index contributed by atoms with van der Waals surface area (Å²) in [5.41, 5.74) is 5.03. The molecule has 3 aromatic rings. The maximum Gasteiger partial charge on any atom is 0.215 e. The monoisotopic (exact) mass is 350 g/mol. The molecule has 24 heavy (non-hydrogen) atoms. The Morgan fingerprint density at radius 3 is 2.67 bits per heavy atom. The van der Waals surface area contributed by atoms with Crippen LogP contribution in [0.25, 0.3) is 17.3 Å². The van der Waals surface area contributed by atoms with Crippen molar-refractivity contribution >= 4 is 47.1 Å². The number of para-hydroxylation sites is 1. The van der Waals surface area contributed by atoms with Gasteiger partial charge in [0.25, 0.3) is 0 Å². The molecule has 0 saturated heterocycles. The highest BCUT2D eigenvalue weighted by Crippen LogP contribution is 2.36. The molecule has 0 radical (unpaired) electrons. The molecule has 1 N–H and O–H groups in total. The van der Waals surface area contributed by atoms with Gasteiger partial charge in [-0.25, -0.2) is 0 Å². The first-order valence-electron chi connectivity index (χ1n) is 7.50. The molecule has 118 valence electrons. The number of allylic oxidation sites excluding steroid dienone is 1. The Labute approximate surface area is 148 Å². The molecule has 2 heterocycles. The molecule has 0 unspecified atom stereocenters. The van der Waals surface area contributed by atoms with Crippen LogP contribution in [0.15, 0.2) is 53.5 Å². The summed E-state index contributed by atoms with van der Waals surface area (Å²) < 4.78 is 2.32. The average Bonchev–Trinajstić information content (AvgIpc) is 3.11. The third-order valence-corrected chi connectivity index (χ3v) is 5.26. The Balaban J connectivity index is 1.81. The minimum atomic E-state index is 0.166. The van der Waals surface area contributed by atoms with Crippen molar-refractivity contribution in [3.63, 3.8) is 0 Å². The lowest BCUT2D eigenvalue weighted by atomic mass is 10.1. The van der Waals surface area contributed by atoms with Crippen LogP contribution in [0.2, 0.25) is 0 Å². The summed E-state index contributed by atoms with van der Waals surface area (Å²) in [5, 5.41) is 10.7. The van der Waals surface area contributed by atoms with Crippen molar-refractivity contribution in [1.29, 1.82) is 0 Å². The predicted molar refractivity (Wildman–Crippen MR) is 103 cm³/mol. The maximum absolute atomic E-state index is 10.7. The van der Waals surface area contributed by atoms with E-state index in [0.29, 0.717) is 3.95 Å². The highest BCUT2D eigenvalue weighted by molar-refractivity contribution is 7.73. The fourth-order valence-electron chi connectivity index (χ4n) is 2.69. The number of aromatic hydroxyl groups is 1. The summed E-state index contributed by atoms with van der Waals surface area (Å²) in [7, 11) is 0. The summed E-state index contributed by atoms with van der Waals surface area (Å²) in [6, 6.07) is 15.9. The number of hydrogen-bond donors (Lipinski definition) is 1. The lowest BCUT2D eigenvalue weighted by Crippen LogP contribution is -1.92. The van der Waals surface area contributed by atoms with Gasteiger partial charge in [0.2, 0.25) is 5.88 Å². The van der Waals surface area contributed by atoms with Gasteiger partial charge in [0.1, 0.15) is 0 Å². The number of rotatable bonds is 2. The lowest BCUT2D eigenvalue weighted by molar-refractivity contribution is 0.441. The van der Waals surface area contributed by atoms with Crippen molar-refractivity contribution < 1.29 is 5.11 Å². The molecular weight excluding hydrogens is 336 g/mol. The van der Waals surface area contributed by atoms with E-state index in [1.807, 2.05) is 67.7 Å². The standard InChI is InChI=1S/C19H14N2OS2/c1-12-6-8-14(9-7-12)21-18(22)17(24-19(21)23)10-13-11-20-16-5-3-2-4-15(13)16/h2-11,22H,1H3/b13-10-. The number of thiazole rings is 1. The van der Waals surface area contributed by atoms with E-state index in [1.165, 1.54) is 16.9 Å². The highest BCUT2D eigenvalue weighted by Gasteiger charge is 2.15. The van der Waals surface area contributed by atoms with Crippen LogP contribution < -0.4 is 0 Å². The van der Waals surface area contributed by atoms with Crippen LogP contribution in [0.5, 0.6) is 5.88 Å². The number of hydrogen-bond acceptors (Lipinski definition) is 4. The Hall–Kier alpha value is -2.50. The number of nitrogens with zero attached hydrogens (tertiary/aromatic N) is 2.